The van der Waals surface area contributed by atoms with Gasteiger partial charge in [0.2, 0.25) is 0 Å². The zero-order valence-electron chi connectivity index (χ0n) is 30.9. The monoisotopic (exact) mass is 714 g/mol. The molecule has 0 spiro atoms. The van der Waals surface area contributed by atoms with E-state index in [-0.39, 0.29) is 22.0 Å². The van der Waals surface area contributed by atoms with Crippen molar-refractivity contribution in [2.75, 3.05) is 0 Å². The Morgan fingerprint density at radius 2 is 0.889 bits per heavy atom. The number of benzene rings is 6. The quantitative estimate of drug-likeness (QED) is 0.183. The number of para-hydroxylation sites is 2. The molecular formula is C47H37F3N4. The van der Waals surface area contributed by atoms with E-state index in [2.05, 4.69) is 93.1 Å². The smallest absolute Gasteiger partial charge is 0.308 e. The van der Waals surface area contributed by atoms with Crippen LogP contribution in [-0.4, -0.2) is 9.13 Å². The molecule has 0 aliphatic heterocycles. The summed E-state index contributed by atoms with van der Waals surface area (Å²) in [7, 11) is 0. The van der Waals surface area contributed by atoms with Gasteiger partial charge in [0.25, 0.3) is 0 Å². The van der Waals surface area contributed by atoms with Crippen LogP contribution in [0.3, 0.4) is 0 Å². The van der Waals surface area contributed by atoms with Gasteiger partial charge in [-0.05, 0) is 94.3 Å². The predicted octanol–water partition coefficient (Wildman–Crippen LogP) is 12.9. The number of hydrogen-bond acceptors (Lipinski definition) is 2. The number of nitriles is 2. The van der Waals surface area contributed by atoms with Gasteiger partial charge in [-0.25, -0.2) is 0 Å². The lowest BCUT2D eigenvalue weighted by Gasteiger charge is -2.22. The minimum absolute atomic E-state index is 0.116. The largest absolute Gasteiger partial charge is 0.416 e. The lowest BCUT2D eigenvalue weighted by atomic mass is 9.86. The highest BCUT2D eigenvalue weighted by molar-refractivity contribution is 6.12. The topological polar surface area (TPSA) is 57.4 Å². The van der Waals surface area contributed by atoms with Gasteiger partial charge in [0.1, 0.15) is 0 Å². The molecule has 8 rings (SSSR count). The lowest BCUT2D eigenvalue weighted by molar-refractivity contribution is -0.137. The Balaban J connectivity index is 1.60. The summed E-state index contributed by atoms with van der Waals surface area (Å²) >= 11 is 0. The van der Waals surface area contributed by atoms with E-state index in [0.717, 1.165) is 66.9 Å². The van der Waals surface area contributed by atoms with Crippen LogP contribution in [0.25, 0.3) is 66.1 Å². The normalized spacial score (nSPS) is 12.5. The van der Waals surface area contributed by atoms with Gasteiger partial charge < -0.3 is 9.13 Å². The number of alkyl halides is 3. The second kappa shape index (κ2) is 12.1. The molecule has 0 aliphatic carbocycles. The van der Waals surface area contributed by atoms with E-state index >= 15 is 0 Å². The van der Waals surface area contributed by atoms with Crippen molar-refractivity contribution in [3.63, 3.8) is 0 Å². The molecule has 0 saturated carbocycles. The predicted molar refractivity (Wildman–Crippen MR) is 212 cm³/mol. The molecule has 6 aromatic carbocycles. The summed E-state index contributed by atoms with van der Waals surface area (Å²) in [5.41, 5.74) is 6.40. The fourth-order valence-electron chi connectivity index (χ4n) is 7.72. The van der Waals surface area contributed by atoms with Crippen LogP contribution in [-0.2, 0) is 17.0 Å². The number of rotatable bonds is 3. The van der Waals surface area contributed by atoms with Crippen LogP contribution in [0, 0.1) is 22.7 Å². The Labute approximate surface area is 311 Å². The highest BCUT2D eigenvalue weighted by Crippen LogP contribution is 2.45. The van der Waals surface area contributed by atoms with Gasteiger partial charge >= 0.3 is 6.18 Å². The maximum atomic E-state index is 14.6. The molecule has 0 radical (unpaired) electrons. The summed E-state index contributed by atoms with van der Waals surface area (Å²) in [6, 6.07) is 39.9. The van der Waals surface area contributed by atoms with Crippen molar-refractivity contribution >= 4 is 43.6 Å². The Kier molecular flexibility index (Phi) is 7.80. The van der Waals surface area contributed by atoms with Gasteiger partial charge in [0.15, 0.2) is 0 Å². The Bertz CT molecular complexity index is 2760. The summed E-state index contributed by atoms with van der Waals surface area (Å²) in [5.74, 6) is 0. The fraction of sp³-hybridized carbons (Fsp3) is 0.191. The van der Waals surface area contributed by atoms with Crippen molar-refractivity contribution in [2.24, 2.45) is 0 Å². The maximum Gasteiger partial charge on any atom is 0.416 e. The Morgan fingerprint density at radius 1 is 0.463 bits per heavy atom. The molecule has 0 unspecified atom stereocenters. The van der Waals surface area contributed by atoms with E-state index in [1.54, 1.807) is 12.1 Å². The van der Waals surface area contributed by atoms with Crippen LogP contribution in [0.4, 0.5) is 13.2 Å². The van der Waals surface area contributed by atoms with Crippen LogP contribution in [0.1, 0.15) is 69.4 Å². The molecule has 0 aliphatic rings. The van der Waals surface area contributed by atoms with E-state index in [9.17, 15) is 23.7 Å². The van der Waals surface area contributed by atoms with Crippen molar-refractivity contribution in [1.82, 2.24) is 9.13 Å². The number of hydrogen-bond donors (Lipinski definition) is 0. The van der Waals surface area contributed by atoms with E-state index in [0.29, 0.717) is 22.5 Å². The molecule has 2 aromatic heterocycles. The van der Waals surface area contributed by atoms with E-state index in [1.807, 2.05) is 54.6 Å². The summed E-state index contributed by atoms with van der Waals surface area (Å²) in [6.07, 6.45) is -4.71. The number of halogens is 3. The number of nitrogens with zero attached hydrogens (tertiary/aromatic N) is 4. The fourth-order valence-corrected chi connectivity index (χ4v) is 7.72. The third-order valence-corrected chi connectivity index (χ3v) is 10.5. The molecule has 54 heavy (non-hydrogen) atoms. The molecule has 0 atom stereocenters. The third kappa shape index (κ3) is 5.60. The second-order valence-electron chi connectivity index (χ2n) is 16.1. The maximum absolute atomic E-state index is 14.6. The minimum Gasteiger partial charge on any atom is -0.308 e. The van der Waals surface area contributed by atoms with Gasteiger partial charge in [-0.15, -0.1) is 0 Å². The van der Waals surface area contributed by atoms with E-state index in [4.69, 9.17) is 0 Å². The molecule has 266 valence electrons. The van der Waals surface area contributed by atoms with Crippen LogP contribution in [0.15, 0.2) is 115 Å². The van der Waals surface area contributed by atoms with Gasteiger partial charge in [-0.2, -0.15) is 23.7 Å². The summed E-state index contributed by atoms with van der Waals surface area (Å²) in [6.45, 7) is 12.9. The molecule has 0 bridgehead atoms. The highest BCUT2D eigenvalue weighted by Gasteiger charge is 2.33. The highest BCUT2D eigenvalue weighted by atomic mass is 19.4. The van der Waals surface area contributed by atoms with E-state index in [1.165, 1.54) is 6.07 Å². The molecule has 8 aromatic rings. The van der Waals surface area contributed by atoms with Crippen molar-refractivity contribution in [2.45, 2.75) is 58.5 Å². The first kappa shape index (κ1) is 34.8. The number of fused-ring (bicyclic) bond motifs is 6. The molecule has 0 amide bonds. The van der Waals surface area contributed by atoms with Gasteiger partial charge in [0, 0.05) is 27.1 Å². The molecule has 7 heteroatoms. The second-order valence-corrected chi connectivity index (χ2v) is 16.1. The van der Waals surface area contributed by atoms with Crippen molar-refractivity contribution in [3.05, 3.63) is 143 Å². The van der Waals surface area contributed by atoms with Crippen LogP contribution >= 0.6 is 0 Å². The van der Waals surface area contributed by atoms with Gasteiger partial charge in [-0.3, -0.25) is 0 Å². The molecule has 0 N–H and O–H groups in total. The first-order chi connectivity index (χ1) is 25.6. The zero-order chi connectivity index (χ0) is 38.3. The van der Waals surface area contributed by atoms with Crippen LogP contribution < -0.4 is 0 Å². The Hall–Kier alpha value is -6.31. The molecule has 2 heterocycles. The average molecular weight is 715 g/mol. The van der Waals surface area contributed by atoms with Gasteiger partial charge in [0.05, 0.1) is 62.3 Å². The van der Waals surface area contributed by atoms with Crippen LogP contribution in [0.5, 0.6) is 0 Å². The molecule has 4 nitrogen and oxygen atoms in total. The summed E-state index contributed by atoms with van der Waals surface area (Å²) in [4.78, 5) is 0. The lowest BCUT2D eigenvalue weighted by Crippen LogP contribution is -2.11. The number of aromatic nitrogens is 2. The summed E-state index contributed by atoms with van der Waals surface area (Å²) < 4.78 is 47.9. The molecule has 0 saturated heterocycles. The average Bonchev–Trinajstić information content (AvgIpc) is 3.65. The van der Waals surface area contributed by atoms with Crippen molar-refractivity contribution in [3.8, 4) is 34.6 Å². The zero-order valence-corrected chi connectivity index (χ0v) is 30.9. The van der Waals surface area contributed by atoms with Crippen molar-refractivity contribution in [1.29, 1.82) is 10.5 Å². The Morgan fingerprint density at radius 3 is 1.31 bits per heavy atom. The summed E-state index contributed by atoms with van der Waals surface area (Å²) in [5, 5.41) is 24.6. The molecular weight excluding hydrogens is 678 g/mol. The van der Waals surface area contributed by atoms with E-state index < -0.39 is 11.7 Å². The minimum atomic E-state index is -4.71. The first-order valence-electron chi connectivity index (χ1n) is 17.9. The first-order valence-corrected chi connectivity index (χ1v) is 17.9. The standard InChI is InChI=1S/C47H37F3N4/c1-45(2,3)31-15-17-40-36(24-31)34-11-7-9-13-38(34)53(40)42-21-29(27-52)22-43(44(42)30-19-28(26-51)20-33(23-30)47(48,49)50)54-39-14-10-8-12-35(39)37-25-32(46(4,5)6)16-18-41(37)54/h7-25H,1-6H3. The van der Waals surface area contributed by atoms with Crippen molar-refractivity contribution < 1.29 is 13.2 Å². The third-order valence-electron chi connectivity index (χ3n) is 10.5. The SMILES string of the molecule is CC(C)(C)c1ccc2c(c1)c1ccccc1n2-c1cc(C#N)cc(-n2c3ccccc3c3cc(C(C)(C)C)ccc32)c1-c1cc(C#N)cc(C(F)(F)F)c1. The van der Waals surface area contributed by atoms with Gasteiger partial charge in [-0.1, -0.05) is 90.1 Å². The van der Waals surface area contributed by atoms with Crippen LogP contribution in [0.2, 0.25) is 0 Å². The molecule has 0 fully saturated rings.